The van der Waals surface area contributed by atoms with Gasteiger partial charge in [0.05, 0.1) is 21.7 Å². The minimum Gasteiger partial charge on any atom is -0.489 e. The van der Waals surface area contributed by atoms with Crippen LogP contribution in [-0.2, 0) is 35.6 Å². The molecule has 3 atom stereocenters. The number of rotatable bonds is 10. The van der Waals surface area contributed by atoms with Crippen molar-refractivity contribution in [1.82, 2.24) is 10.2 Å². The molecule has 2 aliphatic heterocycles. The van der Waals surface area contributed by atoms with Crippen LogP contribution in [0, 0.1) is 17.2 Å². The zero-order valence-electron chi connectivity index (χ0n) is 31.0. The third-order valence-electron chi connectivity index (χ3n) is 11.0. The fraction of sp³-hybridized carbons (Fsp3) is 0.283. The average Bonchev–Trinajstić information content (AvgIpc) is 3.19. The Labute approximate surface area is 336 Å². The fourth-order valence-corrected chi connectivity index (χ4v) is 7.88. The summed E-state index contributed by atoms with van der Waals surface area (Å²) in [6.07, 6.45) is 3.46. The predicted molar refractivity (Wildman–Crippen MR) is 216 cm³/mol. The molecule has 0 bridgehead atoms. The maximum atomic E-state index is 14.0. The lowest BCUT2D eigenvalue weighted by molar-refractivity contribution is -0.147. The summed E-state index contributed by atoms with van der Waals surface area (Å²) >= 11 is 12.2. The molecular weight excluding hydrogens is 745 g/mol. The van der Waals surface area contributed by atoms with Crippen molar-refractivity contribution in [3.8, 4) is 34.4 Å². The van der Waals surface area contributed by atoms with Gasteiger partial charge in [-0.05, 0) is 114 Å². The SMILES string of the molecule is C[C@H](Cc1ccc(-c2ccc(C#N)cc2)cc1)NC(=O)[C@@H]1Cc2cc3c(cc2CN1C(=O)C1CCC1)OC(c1ccc(OCc2ccc(Cl)c(Cl)c2)cc1)CO3. The molecule has 1 unspecified atom stereocenters. The maximum absolute atomic E-state index is 14.0. The summed E-state index contributed by atoms with van der Waals surface area (Å²) in [6.45, 7) is 3.02. The van der Waals surface area contributed by atoms with E-state index in [0.717, 1.165) is 58.2 Å². The molecule has 2 amide bonds. The van der Waals surface area contributed by atoms with Crippen LogP contribution in [0.5, 0.6) is 17.2 Å². The van der Waals surface area contributed by atoms with Gasteiger partial charge in [0.1, 0.15) is 25.0 Å². The highest BCUT2D eigenvalue weighted by Crippen LogP contribution is 2.42. The highest BCUT2D eigenvalue weighted by molar-refractivity contribution is 6.42. The highest BCUT2D eigenvalue weighted by Gasteiger charge is 2.40. The van der Waals surface area contributed by atoms with Crippen LogP contribution in [0.3, 0.4) is 0 Å². The van der Waals surface area contributed by atoms with Crippen molar-refractivity contribution >= 4 is 35.0 Å². The number of nitriles is 1. The molecule has 1 aliphatic carbocycles. The Morgan fingerprint density at radius 1 is 0.875 bits per heavy atom. The number of nitrogens with one attached hydrogen (secondary N) is 1. The molecule has 0 aromatic heterocycles. The summed E-state index contributed by atoms with van der Waals surface area (Å²) in [5.74, 6) is 1.82. The van der Waals surface area contributed by atoms with Gasteiger partial charge in [0.25, 0.3) is 0 Å². The van der Waals surface area contributed by atoms with Crippen molar-refractivity contribution in [2.75, 3.05) is 6.61 Å². The van der Waals surface area contributed by atoms with Crippen molar-refractivity contribution < 1.29 is 23.8 Å². The Balaban J connectivity index is 0.922. The fourth-order valence-electron chi connectivity index (χ4n) is 7.56. The molecule has 1 N–H and O–H groups in total. The molecule has 10 heteroatoms. The van der Waals surface area contributed by atoms with E-state index in [9.17, 15) is 9.59 Å². The first kappa shape index (κ1) is 37.4. The maximum Gasteiger partial charge on any atom is 0.243 e. The van der Waals surface area contributed by atoms with E-state index in [1.54, 1.807) is 17.0 Å². The molecule has 3 aliphatic rings. The number of carbonyl (C=O) groups excluding carboxylic acids is 2. The van der Waals surface area contributed by atoms with Crippen LogP contribution in [0.2, 0.25) is 10.0 Å². The number of hydrogen-bond acceptors (Lipinski definition) is 6. The largest absolute Gasteiger partial charge is 0.489 e. The topological polar surface area (TPSA) is 101 Å². The van der Waals surface area contributed by atoms with E-state index in [1.807, 2.05) is 73.7 Å². The zero-order valence-corrected chi connectivity index (χ0v) is 32.5. The Morgan fingerprint density at radius 3 is 2.25 bits per heavy atom. The number of ether oxygens (including phenoxy) is 3. The smallest absolute Gasteiger partial charge is 0.243 e. The third-order valence-corrected chi connectivity index (χ3v) is 11.7. The molecule has 0 spiro atoms. The molecule has 8 nitrogen and oxygen atoms in total. The molecule has 8 rings (SSSR count). The van der Waals surface area contributed by atoms with Gasteiger partial charge in [0.2, 0.25) is 11.8 Å². The minimum atomic E-state index is -0.621. The van der Waals surface area contributed by atoms with E-state index in [2.05, 4.69) is 35.7 Å². The summed E-state index contributed by atoms with van der Waals surface area (Å²) < 4.78 is 18.7. The van der Waals surface area contributed by atoms with Gasteiger partial charge in [0.15, 0.2) is 17.6 Å². The number of amides is 2. The second-order valence-corrected chi connectivity index (χ2v) is 15.7. The van der Waals surface area contributed by atoms with Crippen LogP contribution < -0.4 is 19.5 Å². The Kier molecular flexibility index (Phi) is 10.9. The van der Waals surface area contributed by atoms with E-state index in [0.29, 0.717) is 65.5 Å². The normalized spacial score (nSPS) is 17.9. The van der Waals surface area contributed by atoms with Crippen molar-refractivity contribution in [1.29, 1.82) is 5.26 Å². The van der Waals surface area contributed by atoms with E-state index < -0.39 is 6.04 Å². The molecule has 0 radical (unpaired) electrons. The number of halogens is 2. The molecule has 5 aromatic rings. The first-order chi connectivity index (χ1) is 27.2. The van der Waals surface area contributed by atoms with Gasteiger partial charge in [-0.1, -0.05) is 84.2 Å². The minimum absolute atomic E-state index is 0.0438. The third kappa shape index (κ3) is 8.21. The van der Waals surface area contributed by atoms with Crippen LogP contribution in [0.1, 0.15) is 65.7 Å². The van der Waals surface area contributed by atoms with Gasteiger partial charge in [-0.3, -0.25) is 9.59 Å². The second kappa shape index (κ2) is 16.3. The summed E-state index contributed by atoms with van der Waals surface area (Å²) in [6, 6.07) is 34.3. The molecule has 2 heterocycles. The van der Waals surface area contributed by atoms with E-state index in [-0.39, 0.29) is 29.9 Å². The molecule has 56 heavy (non-hydrogen) atoms. The lowest BCUT2D eigenvalue weighted by atomic mass is 9.82. The number of benzene rings is 5. The lowest BCUT2D eigenvalue weighted by Gasteiger charge is -2.40. The first-order valence-electron chi connectivity index (χ1n) is 19.0. The summed E-state index contributed by atoms with van der Waals surface area (Å²) in [7, 11) is 0. The van der Waals surface area contributed by atoms with Gasteiger partial charge in [-0.15, -0.1) is 0 Å². The Morgan fingerprint density at radius 2 is 1.57 bits per heavy atom. The summed E-state index contributed by atoms with van der Waals surface area (Å²) in [4.78, 5) is 29.6. The van der Waals surface area contributed by atoms with Crippen LogP contribution in [0.4, 0.5) is 0 Å². The molecule has 1 saturated carbocycles. The Hall–Kier alpha value is -5.49. The summed E-state index contributed by atoms with van der Waals surface area (Å²) in [5, 5.41) is 13.3. The van der Waals surface area contributed by atoms with Crippen LogP contribution >= 0.6 is 23.2 Å². The van der Waals surface area contributed by atoms with E-state index in [1.165, 1.54) is 0 Å². The number of nitrogens with zero attached hydrogens (tertiary/aromatic N) is 2. The first-order valence-corrected chi connectivity index (χ1v) is 19.8. The average molecular weight is 787 g/mol. The van der Waals surface area contributed by atoms with Crippen molar-refractivity contribution in [2.24, 2.45) is 5.92 Å². The van der Waals surface area contributed by atoms with Crippen LogP contribution in [-0.4, -0.2) is 35.4 Å². The van der Waals surface area contributed by atoms with E-state index in [4.69, 9.17) is 42.7 Å². The predicted octanol–water partition coefficient (Wildman–Crippen LogP) is 9.42. The van der Waals surface area contributed by atoms with Gasteiger partial charge in [0, 0.05) is 24.9 Å². The lowest BCUT2D eigenvalue weighted by Crippen LogP contribution is -2.56. The molecule has 1 fully saturated rings. The standard InChI is InChI=1S/C46H41Cl2N3O5/c1-28(19-29-5-10-32(11-6-29)33-12-7-30(24-49)8-13-33)50-45(52)41-21-36-22-42-43(23-37(36)25-51(41)46(53)35-3-2-4-35)56-44(27-55-42)34-14-16-38(17-15-34)54-26-31-9-18-39(47)40(48)20-31/h5-18,20,22-23,28,35,41,44H,2-4,19,21,25-27H2,1H3,(H,50,52)/t28-,41+,44?/m1/s1. The monoisotopic (exact) mass is 785 g/mol. The van der Waals surface area contributed by atoms with Gasteiger partial charge < -0.3 is 24.4 Å². The van der Waals surface area contributed by atoms with E-state index >= 15 is 0 Å². The van der Waals surface area contributed by atoms with Gasteiger partial charge >= 0.3 is 0 Å². The molecular formula is C46H41Cl2N3O5. The van der Waals surface area contributed by atoms with Crippen LogP contribution in [0.15, 0.2) is 103 Å². The number of hydrogen-bond donors (Lipinski definition) is 1. The Bertz CT molecular complexity index is 2280. The molecule has 0 saturated heterocycles. The van der Waals surface area contributed by atoms with Crippen molar-refractivity contribution in [3.05, 3.63) is 147 Å². The highest BCUT2D eigenvalue weighted by atomic mass is 35.5. The molecule has 284 valence electrons. The number of fused-ring (bicyclic) bond motifs is 2. The van der Waals surface area contributed by atoms with Crippen LogP contribution in [0.25, 0.3) is 11.1 Å². The zero-order chi connectivity index (χ0) is 38.8. The van der Waals surface area contributed by atoms with Crippen molar-refractivity contribution in [2.45, 2.75) is 70.4 Å². The van der Waals surface area contributed by atoms with Crippen molar-refractivity contribution in [3.63, 3.8) is 0 Å². The number of carbonyl (C=O) groups is 2. The van der Waals surface area contributed by atoms with Gasteiger partial charge in [-0.2, -0.15) is 5.26 Å². The second-order valence-electron chi connectivity index (χ2n) is 14.9. The van der Waals surface area contributed by atoms with Gasteiger partial charge in [-0.25, -0.2) is 0 Å². The quantitative estimate of drug-likeness (QED) is 0.152. The molecule has 5 aromatic carbocycles. The summed E-state index contributed by atoms with van der Waals surface area (Å²) in [5.41, 5.74) is 7.64.